The third-order valence-electron chi connectivity index (χ3n) is 3.96. The van der Waals surface area contributed by atoms with E-state index in [4.69, 9.17) is 4.74 Å². The Balaban J connectivity index is 1.92. The van der Waals surface area contributed by atoms with Gasteiger partial charge in [-0.1, -0.05) is 0 Å². The molecule has 2 atom stereocenters. The van der Waals surface area contributed by atoms with Crippen LogP contribution in [0.3, 0.4) is 0 Å². The number of likely N-dealkylation sites (tertiary alicyclic amines) is 1. The lowest BCUT2D eigenvalue weighted by molar-refractivity contribution is -0.899. The van der Waals surface area contributed by atoms with Crippen LogP contribution in [0.25, 0.3) is 0 Å². The first-order chi connectivity index (χ1) is 11.4. The molecule has 132 valence electrons. The van der Waals surface area contributed by atoms with Crippen molar-refractivity contribution in [3.05, 3.63) is 29.6 Å². The minimum absolute atomic E-state index is 0.00827. The summed E-state index contributed by atoms with van der Waals surface area (Å²) < 4.78 is 44.6. The SMILES string of the molecule is CCOC(=O)[C@@H]1CCC[NH+](CC(=O)Nc2ccc(F)c(F)c2F)C1. The molecule has 1 aromatic carbocycles. The summed E-state index contributed by atoms with van der Waals surface area (Å²) in [5.74, 6) is -5.44. The smallest absolute Gasteiger partial charge is 0.314 e. The fraction of sp³-hybridized carbons (Fsp3) is 0.500. The highest BCUT2D eigenvalue weighted by molar-refractivity contribution is 5.91. The summed E-state index contributed by atoms with van der Waals surface area (Å²) in [6, 6.07) is 1.72. The maximum absolute atomic E-state index is 13.6. The highest BCUT2D eigenvalue weighted by Crippen LogP contribution is 2.19. The summed E-state index contributed by atoms with van der Waals surface area (Å²) in [6.07, 6.45) is 1.48. The minimum atomic E-state index is -1.62. The molecule has 0 aromatic heterocycles. The van der Waals surface area contributed by atoms with Gasteiger partial charge in [-0.3, -0.25) is 9.59 Å². The van der Waals surface area contributed by atoms with E-state index in [1.54, 1.807) is 6.92 Å². The Bertz CT molecular complexity index is 625. The molecule has 1 aliphatic heterocycles. The van der Waals surface area contributed by atoms with Gasteiger partial charge in [-0.15, -0.1) is 0 Å². The van der Waals surface area contributed by atoms with Gasteiger partial charge in [0.25, 0.3) is 5.91 Å². The lowest BCUT2D eigenvalue weighted by atomic mass is 9.98. The molecule has 1 aliphatic rings. The predicted molar refractivity (Wildman–Crippen MR) is 79.9 cm³/mol. The van der Waals surface area contributed by atoms with E-state index >= 15 is 0 Å². The second-order valence-corrected chi connectivity index (χ2v) is 5.74. The van der Waals surface area contributed by atoms with Gasteiger partial charge < -0.3 is 15.0 Å². The van der Waals surface area contributed by atoms with Crippen molar-refractivity contribution in [1.29, 1.82) is 0 Å². The number of ether oxygens (including phenoxy) is 1. The first kappa shape index (κ1) is 18.3. The van der Waals surface area contributed by atoms with Gasteiger partial charge in [-0.05, 0) is 31.9 Å². The summed E-state index contributed by atoms with van der Waals surface area (Å²) in [4.78, 5) is 24.6. The Hall–Kier alpha value is -2.09. The van der Waals surface area contributed by atoms with Gasteiger partial charge in [0.15, 0.2) is 24.0 Å². The maximum atomic E-state index is 13.6. The van der Waals surface area contributed by atoms with Gasteiger partial charge in [0.1, 0.15) is 5.92 Å². The van der Waals surface area contributed by atoms with E-state index in [0.29, 0.717) is 26.1 Å². The standard InChI is InChI=1S/C16H19F3N2O3/c1-2-24-16(23)10-4-3-7-21(8-10)9-13(22)20-12-6-5-11(17)14(18)15(12)19/h5-6,10H,2-4,7-9H2,1H3,(H,20,22)/p+1/t10-/m1/s1. The Kier molecular flexibility index (Phi) is 6.19. The molecule has 1 saturated heterocycles. The molecule has 0 spiro atoms. The van der Waals surface area contributed by atoms with E-state index in [-0.39, 0.29) is 18.4 Å². The van der Waals surface area contributed by atoms with Crippen LogP contribution >= 0.6 is 0 Å². The summed E-state index contributed by atoms with van der Waals surface area (Å²) in [5, 5.41) is 2.24. The lowest BCUT2D eigenvalue weighted by Gasteiger charge is -2.28. The minimum Gasteiger partial charge on any atom is -0.466 e. The van der Waals surface area contributed by atoms with Crippen LogP contribution in [-0.2, 0) is 14.3 Å². The molecule has 24 heavy (non-hydrogen) atoms. The van der Waals surface area contributed by atoms with Crippen LogP contribution in [0.2, 0.25) is 0 Å². The molecule has 5 nitrogen and oxygen atoms in total. The number of quaternary nitrogens is 1. The number of anilines is 1. The van der Waals surface area contributed by atoms with Crippen LogP contribution in [0.15, 0.2) is 12.1 Å². The van der Waals surface area contributed by atoms with Crippen molar-refractivity contribution in [3.63, 3.8) is 0 Å². The Morgan fingerprint density at radius 2 is 2.04 bits per heavy atom. The molecule has 0 bridgehead atoms. The number of benzene rings is 1. The Labute approximate surface area is 137 Å². The van der Waals surface area contributed by atoms with E-state index in [1.807, 2.05) is 0 Å². The monoisotopic (exact) mass is 345 g/mol. The fourth-order valence-corrected chi connectivity index (χ4v) is 2.82. The van der Waals surface area contributed by atoms with E-state index in [0.717, 1.165) is 23.5 Å². The summed E-state index contributed by atoms with van der Waals surface area (Å²) in [6.45, 7) is 3.19. The maximum Gasteiger partial charge on any atom is 0.314 e. The highest BCUT2D eigenvalue weighted by Gasteiger charge is 2.31. The fourth-order valence-electron chi connectivity index (χ4n) is 2.82. The first-order valence-electron chi connectivity index (χ1n) is 7.86. The number of carbonyl (C=O) groups is 2. The van der Waals surface area contributed by atoms with Crippen molar-refractivity contribution >= 4 is 17.6 Å². The van der Waals surface area contributed by atoms with Crippen molar-refractivity contribution in [2.75, 3.05) is 31.6 Å². The number of amides is 1. The molecule has 0 radical (unpaired) electrons. The van der Waals surface area contributed by atoms with Crippen molar-refractivity contribution < 1.29 is 32.4 Å². The molecule has 0 saturated carbocycles. The highest BCUT2D eigenvalue weighted by atomic mass is 19.2. The van der Waals surface area contributed by atoms with Crippen molar-refractivity contribution in [2.45, 2.75) is 19.8 Å². The van der Waals surface area contributed by atoms with Crippen LogP contribution in [0, 0.1) is 23.4 Å². The third-order valence-corrected chi connectivity index (χ3v) is 3.96. The quantitative estimate of drug-likeness (QED) is 0.616. The zero-order chi connectivity index (χ0) is 17.7. The Morgan fingerprint density at radius 3 is 2.75 bits per heavy atom. The predicted octanol–water partition coefficient (Wildman–Crippen LogP) is 0.900. The van der Waals surface area contributed by atoms with Crippen LogP contribution in [0.5, 0.6) is 0 Å². The van der Waals surface area contributed by atoms with Gasteiger partial charge in [-0.2, -0.15) is 0 Å². The van der Waals surface area contributed by atoms with Gasteiger partial charge >= 0.3 is 5.97 Å². The van der Waals surface area contributed by atoms with Gasteiger partial charge in [0.2, 0.25) is 0 Å². The van der Waals surface area contributed by atoms with Crippen LogP contribution in [-0.4, -0.2) is 38.1 Å². The first-order valence-corrected chi connectivity index (χ1v) is 7.86. The molecule has 8 heteroatoms. The molecular weight excluding hydrogens is 325 g/mol. The summed E-state index contributed by atoms with van der Waals surface area (Å²) in [5.41, 5.74) is -0.405. The van der Waals surface area contributed by atoms with Crippen LogP contribution < -0.4 is 10.2 Å². The number of piperidine rings is 1. The molecule has 0 aliphatic carbocycles. The topological polar surface area (TPSA) is 59.8 Å². The zero-order valence-corrected chi connectivity index (χ0v) is 13.3. The zero-order valence-electron chi connectivity index (χ0n) is 13.3. The summed E-state index contributed by atoms with van der Waals surface area (Å²) >= 11 is 0. The number of carbonyl (C=O) groups excluding carboxylic acids is 2. The van der Waals surface area contributed by atoms with E-state index < -0.39 is 29.0 Å². The van der Waals surface area contributed by atoms with E-state index in [2.05, 4.69) is 5.32 Å². The molecule has 1 fully saturated rings. The second kappa shape index (κ2) is 8.14. The number of hydrogen-bond donors (Lipinski definition) is 2. The van der Waals surface area contributed by atoms with E-state index in [1.165, 1.54) is 0 Å². The largest absolute Gasteiger partial charge is 0.466 e. The number of nitrogens with one attached hydrogen (secondary N) is 2. The average Bonchev–Trinajstić information content (AvgIpc) is 2.56. The van der Waals surface area contributed by atoms with E-state index in [9.17, 15) is 22.8 Å². The molecule has 2 N–H and O–H groups in total. The third kappa shape index (κ3) is 4.47. The molecule has 1 amide bonds. The molecule has 1 aromatic rings. The Morgan fingerprint density at radius 1 is 1.29 bits per heavy atom. The normalized spacial score (nSPS) is 20.5. The number of hydrogen-bond acceptors (Lipinski definition) is 3. The van der Waals surface area contributed by atoms with Gasteiger partial charge in [0.05, 0.1) is 25.4 Å². The number of rotatable bonds is 5. The van der Waals surface area contributed by atoms with Crippen LogP contribution in [0.4, 0.5) is 18.9 Å². The van der Waals surface area contributed by atoms with Gasteiger partial charge in [-0.25, -0.2) is 13.2 Å². The van der Waals surface area contributed by atoms with Crippen molar-refractivity contribution in [3.8, 4) is 0 Å². The molecule has 2 rings (SSSR count). The van der Waals surface area contributed by atoms with Crippen molar-refractivity contribution in [2.24, 2.45) is 5.92 Å². The van der Waals surface area contributed by atoms with Crippen LogP contribution in [0.1, 0.15) is 19.8 Å². The van der Waals surface area contributed by atoms with Gasteiger partial charge in [0, 0.05) is 0 Å². The average molecular weight is 345 g/mol. The molecular formula is C16H20F3N2O3+. The lowest BCUT2D eigenvalue weighted by Crippen LogP contribution is -3.14. The molecule has 1 unspecified atom stereocenters. The van der Waals surface area contributed by atoms with Crippen molar-refractivity contribution in [1.82, 2.24) is 0 Å². The number of esters is 1. The summed E-state index contributed by atoms with van der Waals surface area (Å²) in [7, 11) is 0. The number of halogens is 3. The second-order valence-electron chi connectivity index (χ2n) is 5.74. The molecule has 1 heterocycles.